The Bertz CT molecular complexity index is 540. The van der Waals surface area contributed by atoms with Crippen LogP contribution >= 0.6 is 11.6 Å². The first-order valence-electron chi connectivity index (χ1n) is 5.84. The smallest absolute Gasteiger partial charge is 0.246 e. The number of alkyl halides is 1. The van der Waals surface area contributed by atoms with Gasteiger partial charge in [0.15, 0.2) is 0 Å². The number of nitrogens with one attached hydrogen (secondary N) is 1. The molecule has 4 heteroatoms. The molecular formula is C15H14ClNO2. The van der Waals surface area contributed by atoms with E-state index in [2.05, 4.69) is 5.32 Å². The second-order valence-electron chi connectivity index (χ2n) is 3.99. The van der Waals surface area contributed by atoms with Crippen molar-refractivity contribution in [3.05, 3.63) is 60.2 Å². The number of rotatable bonds is 4. The van der Waals surface area contributed by atoms with Gasteiger partial charge in [0.05, 0.1) is 7.11 Å². The molecule has 0 aliphatic rings. The Morgan fingerprint density at radius 3 is 2.32 bits per heavy atom. The van der Waals surface area contributed by atoms with Crippen LogP contribution < -0.4 is 10.1 Å². The molecule has 0 aliphatic carbocycles. The van der Waals surface area contributed by atoms with Crippen molar-refractivity contribution in [3.8, 4) is 5.75 Å². The van der Waals surface area contributed by atoms with Crippen molar-refractivity contribution in [2.75, 3.05) is 12.4 Å². The number of ether oxygens (including phenoxy) is 1. The molecule has 0 radical (unpaired) electrons. The fourth-order valence-corrected chi connectivity index (χ4v) is 1.85. The fraction of sp³-hybridized carbons (Fsp3) is 0.133. The van der Waals surface area contributed by atoms with Crippen molar-refractivity contribution >= 4 is 23.2 Å². The highest BCUT2D eigenvalue weighted by Gasteiger charge is 2.17. The summed E-state index contributed by atoms with van der Waals surface area (Å²) in [6.45, 7) is 0. The summed E-state index contributed by atoms with van der Waals surface area (Å²) in [6, 6.07) is 16.3. The van der Waals surface area contributed by atoms with Gasteiger partial charge in [-0.05, 0) is 29.8 Å². The Kier molecular flexibility index (Phi) is 4.42. The van der Waals surface area contributed by atoms with E-state index in [1.54, 1.807) is 31.4 Å². The van der Waals surface area contributed by atoms with Gasteiger partial charge in [-0.3, -0.25) is 4.79 Å². The second kappa shape index (κ2) is 6.25. The van der Waals surface area contributed by atoms with Crippen LogP contribution in [0.15, 0.2) is 54.6 Å². The molecule has 1 atom stereocenters. The van der Waals surface area contributed by atoms with Gasteiger partial charge in [-0.1, -0.05) is 30.3 Å². The molecule has 2 rings (SSSR count). The predicted molar refractivity (Wildman–Crippen MR) is 76.7 cm³/mol. The van der Waals surface area contributed by atoms with E-state index in [1.807, 2.05) is 30.3 Å². The SMILES string of the molecule is COc1ccc(C(Cl)C(=O)Nc2ccccc2)cc1. The van der Waals surface area contributed by atoms with Gasteiger partial charge >= 0.3 is 0 Å². The van der Waals surface area contributed by atoms with Crippen LogP contribution in [0.4, 0.5) is 5.69 Å². The molecule has 19 heavy (non-hydrogen) atoms. The van der Waals surface area contributed by atoms with Gasteiger partial charge in [0.1, 0.15) is 11.1 Å². The van der Waals surface area contributed by atoms with E-state index in [1.165, 1.54) is 0 Å². The first kappa shape index (κ1) is 13.4. The maximum Gasteiger partial charge on any atom is 0.246 e. The summed E-state index contributed by atoms with van der Waals surface area (Å²) in [6.07, 6.45) is 0. The largest absolute Gasteiger partial charge is 0.497 e. The molecule has 0 saturated heterocycles. The minimum Gasteiger partial charge on any atom is -0.497 e. The molecule has 98 valence electrons. The fourth-order valence-electron chi connectivity index (χ4n) is 1.65. The molecule has 0 spiro atoms. The second-order valence-corrected chi connectivity index (χ2v) is 4.43. The third kappa shape index (κ3) is 3.48. The average Bonchev–Trinajstić information content (AvgIpc) is 2.47. The molecule has 1 unspecified atom stereocenters. The van der Waals surface area contributed by atoms with Gasteiger partial charge in [0.2, 0.25) is 5.91 Å². The number of anilines is 1. The highest BCUT2D eigenvalue weighted by molar-refractivity contribution is 6.32. The van der Waals surface area contributed by atoms with Crippen LogP contribution in [0.3, 0.4) is 0 Å². The Morgan fingerprint density at radius 2 is 1.74 bits per heavy atom. The zero-order valence-electron chi connectivity index (χ0n) is 10.5. The Balaban J connectivity index is 2.06. The van der Waals surface area contributed by atoms with Crippen molar-refractivity contribution < 1.29 is 9.53 Å². The van der Waals surface area contributed by atoms with E-state index in [0.29, 0.717) is 0 Å². The van der Waals surface area contributed by atoms with Crippen LogP contribution in [-0.4, -0.2) is 13.0 Å². The van der Waals surface area contributed by atoms with E-state index in [0.717, 1.165) is 17.0 Å². The molecule has 0 bridgehead atoms. The lowest BCUT2D eigenvalue weighted by molar-refractivity contribution is -0.116. The van der Waals surface area contributed by atoms with Crippen LogP contribution in [0.1, 0.15) is 10.9 Å². The van der Waals surface area contributed by atoms with Crippen LogP contribution in [0.2, 0.25) is 0 Å². The molecule has 1 N–H and O–H groups in total. The minimum atomic E-state index is -0.730. The van der Waals surface area contributed by atoms with Gasteiger partial charge in [-0.25, -0.2) is 0 Å². The number of carbonyl (C=O) groups excluding carboxylic acids is 1. The van der Waals surface area contributed by atoms with E-state index < -0.39 is 5.38 Å². The zero-order chi connectivity index (χ0) is 13.7. The first-order valence-corrected chi connectivity index (χ1v) is 6.28. The Labute approximate surface area is 117 Å². The number of para-hydroxylation sites is 1. The van der Waals surface area contributed by atoms with E-state index >= 15 is 0 Å². The van der Waals surface area contributed by atoms with E-state index in [-0.39, 0.29) is 5.91 Å². The molecular weight excluding hydrogens is 262 g/mol. The number of halogens is 1. The van der Waals surface area contributed by atoms with Gasteiger partial charge in [-0.15, -0.1) is 11.6 Å². The van der Waals surface area contributed by atoms with Crippen molar-refractivity contribution in [2.45, 2.75) is 5.38 Å². The van der Waals surface area contributed by atoms with Crippen LogP contribution in [0.5, 0.6) is 5.75 Å². The molecule has 2 aromatic rings. The highest BCUT2D eigenvalue weighted by Crippen LogP contribution is 2.24. The zero-order valence-corrected chi connectivity index (χ0v) is 11.2. The van der Waals surface area contributed by atoms with E-state index in [4.69, 9.17) is 16.3 Å². The van der Waals surface area contributed by atoms with Crippen LogP contribution in [0, 0.1) is 0 Å². The molecule has 0 heterocycles. The van der Waals surface area contributed by atoms with Gasteiger partial charge in [0.25, 0.3) is 0 Å². The van der Waals surface area contributed by atoms with Crippen molar-refractivity contribution in [3.63, 3.8) is 0 Å². The standard InChI is InChI=1S/C15H14ClNO2/c1-19-13-9-7-11(8-10-13)14(16)15(18)17-12-5-3-2-4-6-12/h2-10,14H,1H3,(H,17,18). The maximum absolute atomic E-state index is 12.0. The predicted octanol–water partition coefficient (Wildman–Crippen LogP) is 3.61. The number of hydrogen-bond acceptors (Lipinski definition) is 2. The van der Waals surface area contributed by atoms with Gasteiger partial charge < -0.3 is 10.1 Å². The first-order chi connectivity index (χ1) is 9.20. The van der Waals surface area contributed by atoms with Crippen molar-refractivity contribution in [2.24, 2.45) is 0 Å². The Hall–Kier alpha value is -2.00. The lowest BCUT2D eigenvalue weighted by Gasteiger charge is -2.11. The van der Waals surface area contributed by atoms with E-state index in [9.17, 15) is 4.79 Å². The van der Waals surface area contributed by atoms with Crippen molar-refractivity contribution in [1.29, 1.82) is 0 Å². The average molecular weight is 276 g/mol. The monoisotopic (exact) mass is 275 g/mol. The van der Waals surface area contributed by atoms with Crippen LogP contribution in [0.25, 0.3) is 0 Å². The lowest BCUT2D eigenvalue weighted by atomic mass is 10.1. The summed E-state index contributed by atoms with van der Waals surface area (Å²) >= 11 is 6.15. The number of carbonyl (C=O) groups is 1. The summed E-state index contributed by atoms with van der Waals surface area (Å²) < 4.78 is 5.06. The number of amides is 1. The molecule has 2 aromatic carbocycles. The number of methoxy groups -OCH3 is 1. The topological polar surface area (TPSA) is 38.3 Å². The molecule has 0 fully saturated rings. The van der Waals surface area contributed by atoms with Gasteiger partial charge in [-0.2, -0.15) is 0 Å². The number of hydrogen-bond donors (Lipinski definition) is 1. The summed E-state index contributed by atoms with van der Waals surface area (Å²) in [4.78, 5) is 12.0. The minimum absolute atomic E-state index is 0.252. The lowest BCUT2D eigenvalue weighted by Crippen LogP contribution is -2.17. The third-order valence-electron chi connectivity index (χ3n) is 2.68. The highest BCUT2D eigenvalue weighted by atomic mass is 35.5. The Morgan fingerprint density at radius 1 is 1.11 bits per heavy atom. The maximum atomic E-state index is 12.0. The summed E-state index contributed by atoms with van der Waals surface area (Å²) in [5, 5.41) is 2.04. The van der Waals surface area contributed by atoms with Crippen molar-refractivity contribution in [1.82, 2.24) is 0 Å². The third-order valence-corrected chi connectivity index (χ3v) is 3.13. The molecule has 0 saturated carbocycles. The summed E-state index contributed by atoms with van der Waals surface area (Å²) in [5.74, 6) is 0.481. The van der Waals surface area contributed by atoms with Crippen LogP contribution in [-0.2, 0) is 4.79 Å². The quantitative estimate of drug-likeness (QED) is 0.866. The molecule has 1 amide bonds. The summed E-state index contributed by atoms with van der Waals surface area (Å²) in [5.41, 5.74) is 1.46. The van der Waals surface area contributed by atoms with Gasteiger partial charge in [0, 0.05) is 5.69 Å². The molecule has 0 aromatic heterocycles. The number of benzene rings is 2. The summed E-state index contributed by atoms with van der Waals surface area (Å²) in [7, 11) is 1.59. The molecule has 3 nitrogen and oxygen atoms in total. The molecule has 0 aliphatic heterocycles. The normalized spacial score (nSPS) is 11.7.